The molecule has 0 radical (unpaired) electrons. The number of hydrogen-bond acceptors (Lipinski definition) is 7. The summed E-state index contributed by atoms with van der Waals surface area (Å²) in [5.41, 5.74) is 3.00. The molecule has 0 N–H and O–H groups in total. The molecule has 3 heterocycles. The highest BCUT2D eigenvalue weighted by molar-refractivity contribution is 7.07. The van der Waals surface area contributed by atoms with Gasteiger partial charge in [-0.05, 0) is 61.9 Å². The first-order valence-corrected chi connectivity index (χ1v) is 13.8. The molecule has 0 bridgehead atoms. The minimum atomic E-state index is -0.684. The summed E-state index contributed by atoms with van der Waals surface area (Å²) in [5.74, 6) is 0.504. The summed E-state index contributed by atoms with van der Waals surface area (Å²) in [4.78, 5) is 34.0. The first-order chi connectivity index (χ1) is 18.7. The lowest BCUT2D eigenvalue weighted by molar-refractivity contribution is -0.139. The van der Waals surface area contributed by atoms with Crippen LogP contribution in [0.2, 0.25) is 10.0 Å². The van der Waals surface area contributed by atoms with Crippen molar-refractivity contribution in [3.05, 3.63) is 107 Å². The van der Waals surface area contributed by atoms with E-state index in [9.17, 15) is 9.59 Å². The van der Waals surface area contributed by atoms with Crippen LogP contribution in [-0.4, -0.2) is 31.2 Å². The van der Waals surface area contributed by atoms with E-state index < -0.39 is 12.0 Å². The number of nitrogens with zero attached hydrogens (tertiary/aromatic N) is 3. The lowest BCUT2D eigenvalue weighted by Gasteiger charge is -2.25. The Morgan fingerprint density at radius 1 is 1.15 bits per heavy atom. The molecule has 1 unspecified atom stereocenters. The molecular weight excluding hydrogens is 557 g/mol. The van der Waals surface area contributed by atoms with Crippen molar-refractivity contribution in [2.45, 2.75) is 19.9 Å². The van der Waals surface area contributed by atoms with Crippen molar-refractivity contribution in [2.75, 3.05) is 25.6 Å². The van der Waals surface area contributed by atoms with Gasteiger partial charge in [-0.15, -0.1) is 0 Å². The molecule has 10 heteroatoms. The summed E-state index contributed by atoms with van der Waals surface area (Å²) < 4.78 is 13.3. The Morgan fingerprint density at radius 3 is 2.59 bits per heavy atom. The number of carbonyl (C=O) groups is 1. The van der Waals surface area contributed by atoms with Gasteiger partial charge in [0.25, 0.3) is 5.56 Å². The Bertz CT molecular complexity index is 1780. The summed E-state index contributed by atoms with van der Waals surface area (Å²) in [6.07, 6.45) is 1.67. The standard InChI is InChI=1S/C29H25Cl2N3O4S/c1-5-37-28(36)25-16(2)32-29-34(26(25)17-6-9-19(10-7-17)33(3)4)27(35)24(39-29)15-20-11-13-23(38-20)21-14-18(30)8-12-22(21)31/h6-15,26H,5H2,1-4H3. The number of benzene rings is 2. The number of aromatic nitrogens is 1. The molecular formula is C29H25Cl2N3O4S. The van der Waals surface area contributed by atoms with Gasteiger partial charge >= 0.3 is 5.97 Å². The smallest absolute Gasteiger partial charge is 0.338 e. The predicted molar refractivity (Wildman–Crippen MR) is 155 cm³/mol. The van der Waals surface area contributed by atoms with Gasteiger partial charge in [0.2, 0.25) is 0 Å². The molecule has 0 aliphatic carbocycles. The summed E-state index contributed by atoms with van der Waals surface area (Å²) in [7, 11) is 3.90. The SMILES string of the molecule is CCOC(=O)C1=C(C)N=c2sc(=Cc3ccc(-c4cc(Cl)ccc4Cl)o3)c(=O)n2C1c1ccc(N(C)C)cc1. The highest BCUT2D eigenvalue weighted by Gasteiger charge is 2.33. The fraction of sp³-hybridized carbons (Fsp3) is 0.207. The Hall–Kier alpha value is -3.59. The van der Waals surface area contributed by atoms with Crippen molar-refractivity contribution in [2.24, 2.45) is 4.99 Å². The third-order valence-corrected chi connectivity index (χ3v) is 7.88. The topological polar surface area (TPSA) is 77.0 Å². The maximum absolute atomic E-state index is 13.8. The molecule has 0 fully saturated rings. The molecule has 0 spiro atoms. The number of thiazole rings is 1. The molecule has 39 heavy (non-hydrogen) atoms. The van der Waals surface area contributed by atoms with E-state index in [4.69, 9.17) is 32.4 Å². The molecule has 0 amide bonds. The minimum absolute atomic E-state index is 0.212. The summed E-state index contributed by atoms with van der Waals surface area (Å²) in [5, 5.41) is 1.04. The van der Waals surface area contributed by atoms with E-state index in [1.54, 1.807) is 54.8 Å². The molecule has 1 aliphatic heterocycles. The Morgan fingerprint density at radius 2 is 1.90 bits per heavy atom. The average Bonchev–Trinajstić information content (AvgIpc) is 3.49. The van der Waals surface area contributed by atoms with Crippen molar-refractivity contribution in [1.29, 1.82) is 0 Å². The number of allylic oxidation sites excluding steroid dienone is 1. The number of halogens is 2. The molecule has 4 aromatic rings. The van der Waals surface area contributed by atoms with Crippen LogP contribution >= 0.6 is 34.5 Å². The number of anilines is 1. The molecule has 0 saturated heterocycles. The van der Waals surface area contributed by atoms with Crippen molar-refractivity contribution in [1.82, 2.24) is 4.57 Å². The normalized spacial score (nSPS) is 15.2. The van der Waals surface area contributed by atoms with Crippen LogP contribution in [-0.2, 0) is 9.53 Å². The number of carbonyl (C=O) groups excluding carboxylic acids is 1. The highest BCUT2D eigenvalue weighted by Crippen LogP contribution is 2.33. The van der Waals surface area contributed by atoms with Gasteiger partial charge in [-0.1, -0.05) is 46.7 Å². The number of furan rings is 1. The van der Waals surface area contributed by atoms with E-state index in [0.29, 0.717) is 47.7 Å². The number of esters is 1. The molecule has 2 aromatic heterocycles. The monoisotopic (exact) mass is 581 g/mol. The van der Waals surface area contributed by atoms with Crippen molar-refractivity contribution < 1.29 is 13.9 Å². The van der Waals surface area contributed by atoms with Crippen LogP contribution in [0.4, 0.5) is 5.69 Å². The number of hydrogen-bond donors (Lipinski definition) is 0. The third-order valence-electron chi connectivity index (χ3n) is 6.34. The van der Waals surface area contributed by atoms with E-state index >= 15 is 0 Å². The zero-order valence-corrected chi connectivity index (χ0v) is 24.0. The lowest BCUT2D eigenvalue weighted by Crippen LogP contribution is -2.39. The number of ether oxygens (including phenoxy) is 1. The zero-order chi connectivity index (χ0) is 27.8. The Kier molecular flexibility index (Phi) is 7.53. The van der Waals surface area contributed by atoms with Crippen LogP contribution in [0.5, 0.6) is 0 Å². The largest absolute Gasteiger partial charge is 0.463 e. The molecule has 7 nitrogen and oxygen atoms in total. The zero-order valence-electron chi connectivity index (χ0n) is 21.7. The first-order valence-electron chi connectivity index (χ1n) is 12.2. The number of fused-ring (bicyclic) bond motifs is 1. The molecule has 200 valence electrons. The maximum atomic E-state index is 13.8. The quantitative estimate of drug-likeness (QED) is 0.284. The Labute approximate surface area is 238 Å². The lowest BCUT2D eigenvalue weighted by atomic mass is 9.95. The van der Waals surface area contributed by atoms with Gasteiger partial charge in [-0.3, -0.25) is 9.36 Å². The summed E-state index contributed by atoms with van der Waals surface area (Å²) in [6, 6.07) is 15.7. The van der Waals surface area contributed by atoms with Crippen LogP contribution in [0.15, 0.2) is 80.1 Å². The second-order valence-corrected chi connectivity index (χ2v) is 11.0. The average molecular weight is 583 g/mol. The van der Waals surface area contributed by atoms with Crippen LogP contribution in [0.1, 0.15) is 31.2 Å². The van der Waals surface area contributed by atoms with Crippen LogP contribution < -0.4 is 19.8 Å². The second-order valence-electron chi connectivity index (χ2n) is 9.11. The van der Waals surface area contributed by atoms with E-state index in [2.05, 4.69) is 4.99 Å². The summed E-state index contributed by atoms with van der Waals surface area (Å²) >= 11 is 13.7. The van der Waals surface area contributed by atoms with Crippen LogP contribution in [0.3, 0.4) is 0 Å². The van der Waals surface area contributed by atoms with Gasteiger partial charge in [0, 0.05) is 36.4 Å². The maximum Gasteiger partial charge on any atom is 0.338 e. The van der Waals surface area contributed by atoms with Gasteiger partial charge < -0.3 is 14.1 Å². The van der Waals surface area contributed by atoms with Gasteiger partial charge in [-0.2, -0.15) is 0 Å². The van der Waals surface area contributed by atoms with Gasteiger partial charge in [-0.25, -0.2) is 9.79 Å². The van der Waals surface area contributed by atoms with E-state index in [1.165, 1.54) is 11.3 Å². The molecule has 2 aromatic carbocycles. The molecule has 5 rings (SSSR count). The van der Waals surface area contributed by atoms with Gasteiger partial charge in [0.15, 0.2) is 4.80 Å². The minimum Gasteiger partial charge on any atom is -0.463 e. The highest BCUT2D eigenvalue weighted by atomic mass is 35.5. The van der Waals surface area contributed by atoms with E-state index in [-0.39, 0.29) is 12.2 Å². The van der Waals surface area contributed by atoms with Crippen LogP contribution in [0, 0.1) is 0 Å². The third kappa shape index (κ3) is 5.20. The van der Waals surface area contributed by atoms with Crippen molar-refractivity contribution in [3.8, 4) is 11.3 Å². The van der Waals surface area contributed by atoms with Gasteiger partial charge in [0.05, 0.1) is 33.5 Å². The van der Waals surface area contributed by atoms with Crippen molar-refractivity contribution >= 4 is 52.3 Å². The number of rotatable bonds is 6. The molecule has 0 saturated carbocycles. The molecule has 1 aliphatic rings. The van der Waals surface area contributed by atoms with E-state index in [1.807, 2.05) is 43.3 Å². The van der Waals surface area contributed by atoms with Gasteiger partial charge in [0.1, 0.15) is 11.5 Å². The molecule has 1 atom stereocenters. The van der Waals surface area contributed by atoms with Crippen molar-refractivity contribution in [3.63, 3.8) is 0 Å². The second kappa shape index (κ2) is 10.9. The Balaban J connectivity index is 1.63. The fourth-order valence-corrected chi connectivity index (χ4v) is 5.86. The summed E-state index contributed by atoms with van der Waals surface area (Å²) in [6.45, 7) is 3.72. The van der Waals surface area contributed by atoms with E-state index in [0.717, 1.165) is 11.3 Å². The van der Waals surface area contributed by atoms with Crippen LogP contribution in [0.25, 0.3) is 17.4 Å². The first kappa shape index (κ1) is 27.0. The predicted octanol–water partition coefficient (Wildman–Crippen LogP) is 5.43. The fourth-order valence-electron chi connectivity index (χ4n) is 4.45.